The molecule has 1 aliphatic carbocycles. The van der Waals surface area contributed by atoms with Crippen LogP contribution in [0.1, 0.15) is 43.2 Å². The first-order valence-electron chi connectivity index (χ1n) is 12.1. The van der Waals surface area contributed by atoms with Crippen molar-refractivity contribution in [2.24, 2.45) is 5.92 Å². The van der Waals surface area contributed by atoms with Crippen molar-refractivity contribution in [2.75, 3.05) is 33.4 Å². The van der Waals surface area contributed by atoms with E-state index < -0.39 is 5.41 Å². The number of aromatic nitrogens is 2. The van der Waals surface area contributed by atoms with Gasteiger partial charge in [0.05, 0.1) is 37.5 Å². The number of hydrogen-bond donors (Lipinski definition) is 1. The molecule has 2 aromatic carbocycles. The number of nitrogens with zero attached hydrogens (tertiary/aromatic N) is 2. The maximum absolute atomic E-state index is 14.2. The fourth-order valence-electron chi connectivity index (χ4n) is 5.70. The molecule has 0 bridgehead atoms. The number of rotatable bonds is 5. The molecule has 1 unspecified atom stereocenters. The van der Waals surface area contributed by atoms with Crippen molar-refractivity contribution in [1.29, 1.82) is 0 Å². The van der Waals surface area contributed by atoms with Crippen LogP contribution >= 0.6 is 0 Å². The van der Waals surface area contributed by atoms with Crippen molar-refractivity contribution in [2.45, 2.75) is 43.9 Å². The lowest BCUT2D eigenvalue weighted by Gasteiger charge is -2.40. The van der Waals surface area contributed by atoms with Crippen LogP contribution in [0.25, 0.3) is 10.9 Å². The van der Waals surface area contributed by atoms with Crippen LogP contribution in [0, 0.1) is 5.92 Å². The third-order valence-electron chi connectivity index (χ3n) is 7.47. The molecule has 1 aromatic heterocycles. The van der Waals surface area contributed by atoms with E-state index in [0.717, 1.165) is 60.9 Å². The number of benzene rings is 2. The molecular formula is C27H33N3O3. The number of hydrogen-bond acceptors (Lipinski definition) is 4. The number of nitrogens with one attached hydrogen (secondary N) is 1. The number of carbonyl (C=O) groups excluding carboxylic acids is 1. The zero-order valence-corrected chi connectivity index (χ0v) is 19.4. The van der Waals surface area contributed by atoms with E-state index in [4.69, 9.17) is 9.47 Å². The molecule has 2 aliphatic rings. The van der Waals surface area contributed by atoms with Gasteiger partial charge >= 0.3 is 0 Å². The van der Waals surface area contributed by atoms with Gasteiger partial charge in [0, 0.05) is 24.4 Å². The third-order valence-corrected chi connectivity index (χ3v) is 7.47. The summed E-state index contributed by atoms with van der Waals surface area (Å²) in [5, 5.41) is 8.41. The Morgan fingerprint density at radius 2 is 2.00 bits per heavy atom. The summed E-state index contributed by atoms with van der Waals surface area (Å²) in [5.41, 5.74) is 2.99. The number of amides is 1. The van der Waals surface area contributed by atoms with Crippen LogP contribution in [0.15, 0.2) is 48.7 Å². The first kappa shape index (κ1) is 22.0. The number of carbonyl (C=O) groups is 1. The third kappa shape index (κ3) is 4.36. The lowest BCUT2D eigenvalue weighted by Crippen LogP contribution is -2.50. The number of H-pyrrole nitrogens is 1. The molecule has 1 aliphatic heterocycles. The van der Waals surface area contributed by atoms with Crippen LogP contribution in [0.4, 0.5) is 0 Å². The van der Waals surface area contributed by atoms with Gasteiger partial charge in [0.25, 0.3) is 0 Å². The quantitative estimate of drug-likeness (QED) is 0.626. The van der Waals surface area contributed by atoms with Gasteiger partial charge in [-0.3, -0.25) is 9.89 Å². The van der Waals surface area contributed by atoms with Gasteiger partial charge in [-0.25, -0.2) is 0 Å². The Morgan fingerprint density at radius 3 is 2.79 bits per heavy atom. The molecule has 0 radical (unpaired) electrons. The zero-order valence-electron chi connectivity index (χ0n) is 19.4. The molecule has 5 rings (SSSR count). The molecular weight excluding hydrogens is 414 g/mol. The molecule has 0 spiro atoms. The van der Waals surface area contributed by atoms with Gasteiger partial charge in [-0.1, -0.05) is 43.5 Å². The number of aromatic amines is 1. The minimum Gasteiger partial charge on any atom is -0.497 e. The second-order valence-electron chi connectivity index (χ2n) is 9.52. The lowest BCUT2D eigenvalue weighted by atomic mass is 9.68. The fraction of sp³-hybridized carbons (Fsp3) is 0.481. The Balaban J connectivity index is 1.39. The molecule has 1 amide bonds. The highest BCUT2D eigenvalue weighted by molar-refractivity contribution is 5.88. The Morgan fingerprint density at radius 1 is 1.18 bits per heavy atom. The van der Waals surface area contributed by atoms with Crippen molar-refractivity contribution in [1.82, 2.24) is 15.1 Å². The molecule has 33 heavy (non-hydrogen) atoms. The van der Waals surface area contributed by atoms with Crippen molar-refractivity contribution in [3.63, 3.8) is 0 Å². The predicted octanol–water partition coefficient (Wildman–Crippen LogP) is 4.49. The van der Waals surface area contributed by atoms with E-state index in [1.165, 1.54) is 12.0 Å². The van der Waals surface area contributed by atoms with Gasteiger partial charge in [0.1, 0.15) is 5.75 Å². The fourth-order valence-corrected chi connectivity index (χ4v) is 5.70. The maximum Gasteiger partial charge on any atom is 0.233 e. The average Bonchev–Trinajstić information content (AvgIpc) is 3.24. The molecule has 1 saturated carbocycles. The van der Waals surface area contributed by atoms with Gasteiger partial charge in [0.2, 0.25) is 5.91 Å². The van der Waals surface area contributed by atoms with E-state index in [1.807, 2.05) is 24.4 Å². The molecule has 3 aromatic rings. The number of ether oxygens (including phenoxy) is 2. The standard InChI is InChI=1S/C27H33N3O3/c1-32-23-10-8-22(9-11-23)27(12-3-2-4-13-27)26(31)30-14-15-33-19-20(18-30)16-21-6-5-7-25-24(21)17-28-29-25/h5-11,17,20H,2-4,12-16,18-19H2,1H3,(H,28,29). The van der Waals surface area contributed by atoms with Crippen molar-refractivity contribution >= 4 is 16.8 Å². The van der Waals surface area contributed by atoms with Crippen molar-refractivity contribution in [3.8, 4) is 5.75 Å². The van der Waals surface area contributed by atoms with Gasteiger partial charge in [-0.2, -0.15) is 5.10 Å². The number of fused-ring (bicyclic) bond motifs is 1. The highest BCUT2D eigenvalue weighted by atomic mass is 16.5. The average molecular weight is 448 g/mol. The molecule has 6 heteroatoms. The Bertz CT molecular complexity index is 1090. The summed E-state index contributed by atoms with van der Waals surface area (Å²) in [7, 11) is 1.68. The highest BCUT2D eigenvalue weighted by Gasteiger charge is 2.44. The second kappa shape index (κ2) is 9.56. The van der Waals surface area contributed by atoms with E-state index in [2.05, 4.69) is 39.4 Å². The normalized spacial score (nSPS) is 21.0. The smallest absolute Gasteiger partial charge is 0.233 e. The van der Waals surface area contributed by atoms with Gasteiger partial charge in [-0.05, 0) is 48.6 Å². The minimum absolute atomic E-state index is 0.258. The second-order valence-corrected chi connectivity index (χ2v) is 9.52. The van der Waals surface area contributed by atoms with E-state index in [9.17, 15) is 4.79 Å². The molecule has 1 atom stereocenters. The summed E-state index contributed by atoms with van der Waals surface area (Å²) in [5.74, 6) is 1.35. The molecule has 174 valence electrons. The van der Waals surface area contributed by atoms with E-state index in [0.29, 0.717) is 19.8 Å². The Kier molecular flexibility index (Phi) is 6.36. The summed E-state index contributed by atoms with van der Waals surface area (Å²) in [4.78, 5) is 16.3. The zero-order chi connectivity index (χ0) is 22.7. The lowest BCUT2D eigenvalue weighted by molar-refractivity contribution is -0.139. The first-order chi connectivity index (χ1) is 16.2. The Labute approximate surface area is 195 Å². The van der Waals surface area contributed by atoms with Crippen LogP contribution in [0.2, 0.25) is 0 Å². The van der Waals surface area contributed by atoms with Gasteiger partial charge in [0.15, 0.2) is 0 Å². The summed E-state index contributed by atoms with van der Waals surface area (Å²) >= 11 is 0. The summed E-state index contributed by atoms with van der Waals surface area (Å²) in [6, 6.07) is 14.4. The van der Waals surface area contributed by atoms with E-state index in [-0.39, 0.29) is 11.8 Å². The molecule has 2 heterocycles. The number of methoxy groups -OCH3 is 1. The molecule has 2 fully saturated rings. The predicted molar refractivity (Wildman–Crippen MR) is 128 cm³/mol. The molecule has 1 saturated heterocycles. The largest absolute Gasteiger partial charge is 0.497 e. The van der Waals surface area contributed by atoms with E-state index >= 15 is 0 Å². The van der Waals surface area contributed by atoms with Crippen molar-refractivity contribution < 1.29 is 14.3 Å². The van der Waals surface area contributed by atoms with Crippen LogP contribution < -0.4 is 4.74 Å². The molecule has 6 nitrogen and oxygen atoms in total. The van der Waals surface area contributed by atoms with Crippen LogP contribution in [0.3, 0.4) is 0 Å². The SMILES string of the molecule is COc1ccc(C2(C(=O)N3CCOCC(Cc4cccc5[nH]ncc45)C3)CCCCC2)cc1. The molecule has 1 N–H and O–H groups in total. The summed E-state index contributed by atoms with van der Waals surface area (Å²) in [6.45, 7) is 2.65. The van der Waals surface area contributed by atoms with E-state index in [1.54, 1.807) is 7.11 Å². The van der Waals surface area contributed by atoms with Crippen LogP contribution in [-0.4, -0.2) is 54.4 Å². The van der Waals surface area contributed by atoms with Gasteiger partial charge < -0.3 is 14.4 Å². The van der Waals surface area contributed by atoms with Crippen molar-refractivity contribution in [3.05, 3.63) is 59.8 Å². The van der Waals surface area contributed by atoms with Gasteiger partial charge in [-0.15, -0.1) is 0 Å². The monoisotopic (exact) mass is 447 g/mol. The highest BCUT2D eigenvalue weighted by Crippen LogP contribution is 2.42. The first-order valence-corrected chi connectivity index (χ1v) is 12.1. The Hall–Kier alpha value is -2.86. The minimum atomic E-state index is -0.440. The van der Waals surface area contributed by atoms with Crippen LogP contribution in [0.5, 0.6) is 5.75 Å². The maximum atomic E-state index is 14.2. The van der Waals surface area contributed by atoms with Crippen LogP contribution in [-0.2, 0) is 21.4 Å². The summed E-state index contributed by atoms with van der Waals surface area (Å²) in [6.07, 6.45) is 7.97. The topological polar surface area (TPSA) is 67.4 Å². The summed E-state index contributed by atoms with van der Waals surface area (Å²) < 4.78 is 11.3.